The highest BCUT2D eigenvalue weighted by molar-refractivity contribution is 7.98. The molecule has 0 heterocycles. The molecule has 0 fully saturated rings. The lowest BCUT2D eigenvalue weighted by Gasteiger charge is -2.02. The van der Waals surface area contributed by atoms with Gasteiger partial charge in [-0.3, -0.25) is 4.79 Å². The maximum atomic E-state index is 11.8. The van der Waals surface area contributed by atoms with Crippen LogP contribution in [0.3, 0.4) is 0 Å². The van der Waals surface area contributed by atoms with Gasteiger partial charge in [-0.05, 0) is 48.2 Å². The Bertz CT molecular complexity index is 699. The number of amides is 1. The van der Waals surface area contributed by atoms with Crippen molar-refractivity contribution in [2.45, 2.75) is 4.90 Å². The number of anilines is 1. The van der Waals surface area contributed by atoms with Gasteiger partial charge >= 0.3 is 0 Å². The van der Waals surface area contributed by atoms with E-state index in [0.717, 1.165) is 5.56 Å². The smallest absolute Gasteiger partial charge is 0.248 e. The standard InChI is InChI=1S/C17H14N2OS/c1-21-16-8-5-13(6-9-16)7-10-17(20)19-15-4-2-3-14(11-15)12-18/h2-11H,1H3,(H,19,20)/b10-7+. The van der Waals surface area contributed by atoms with E-state index in [0.29, 0.717) is 11.3 Å². The Hall–Kier alpha value is -2.51. The van der Waals surface area contributed by atoms with Gasteiger partial charge in [0.05, 0.1) is 11.6 Å². The minimum Gasteiger partial charge on any atom is -0.322 e. The minimum absolute atomic E-state index is 0.223. The summed E-state index contributed by atoms with van der Waals surface area (Å²) in [5.74, 6) is -0.223. The molecule has 0 atom stereocenters. The van der Waals surface area contributed by atoms with E-state index in [-0.39, 0.29) is 5.91 Å². The summed E-state index contributed by atoms with van der Waals surface area (Å²) >= 11 is 1.68. The highest BCUT2D eigenvalue weighted by Gasteiger charge is 1.99. The van der Waals surface area contributed by atoms with Crippen LogP contribution in [0.25, 0.3) is 6.08 Å². The lowest BCUT2D eigenvalue weighted by Crippen LogP contribution is -2.07. The van der Waals surface area contributed by atoms with Gasteiger partial charge in [0.1, 0.15) is 0 Å². The third kappa shape index (κ3) is 4.51. The van der Waals surface area contributed by atoms with Crippen molar-refractivity contribution in [1.82, 2.24) is 0 Å². The van der Waals surface area contributed by atoms with Crippen LogP contribution in [0.5, 0.6) is 0 Å². The first-order chi connectivity index (χ1) is 10.2. The molecule has 0 aliphatic heterocycles. The van der Waals surface area contributed by atoms with Gasteiger partial charge in [-0.1, -0.05) is 18.2 Å². The van der Waals surface area contributed by atoms with Crippen LogP contribution in [0.4, 0.5) is 5.69 Å². The lowest BCUT2D eigenvalue weighted by molar-refractivity contribution is -0.111. The van der Waals surface area contributed by atoms with Crippen LogP contribution < -0.4 is 5.32 Å². The van der Waals surface area contributed by atoms with Crippen molar-refractivity contribution in [3.8, 4) is 6.07 Å². The van der Waals surface area contributed by atoms with Crippen LogP contribution in [0.2, 0.25) is 0 Å². The fourth-order valence-electron chi connectivity index (χ4n) is 1.74. The molecule has 0 saturated heterocycles. The maximum absolute atomic E-state index is 11.8. The van der Waals surface area contributed by atoms with Gasteiger partial charge in [0, 0.05) is 16.7 Å². The number of nitrogens with one attached hydrogen (secondary N) is 1. The van der Waals surface area contributed by atoms with E-state index in [2.05, 4.69) is 5.32 Å². The van der Waals surface area contributed by atoms with Gasteiger partial charge < -0.3 is 5.32 Å². The zero-order valence-electron chi connectivity index (χ0n) is 11.5. The number of hydrogen-bond acceptors (Lipinski definition) is 3. The van der Waals surface area contributed by atoms with Crippen LogP contribution in [-0.2, 0) is 4.79 Å². The summed E-state index contributed by atoms with van der Waals surface area (Å²) in [6, 6.07) is 16.8. The molecule has 104 valence electrons. The quantitative estimate of drug-likeness (QED) is 0.686. The summed E-state index contributed by atoms with van der Waals surface area (Å²) in [4.78, 5) is 13.0. The molecule has 0 spiro atoms. The number of carbonyl (C=O) groups is 1. The van der Waals surface area contributed by atoms with Crippen molar-refractivity contribution in [2.75, 3.05) is 11.6 Å². The Kier molecular flexibility index (Phi) is 5.19. The highest BCUT2D eigenvalue weighted by atomic mass is 32.2. The molecule has 1 N–H and O–H groups in total. The predicted octanol–water partition coefficient (Wildman–Crippen LogP) is 3.93. The largest absolute Gasteiger partial charge is 0.322 e. The summed E-state index contributed by atoms with van der Waals surface area (Å²) in [6.07, 6.45) is 5.26. The number of thioether (sulfide) groups is 1. The monoisotopic (exact) mass is 294 g/mol. The van der Waals surface area contributed by atoms with E-state index in [4.69, 9.17) is 5.26 Å². The number of nitrogens with zero attached hydrogens (tertiary/aromatic N) is 1. The molecule has 0 unspecified atom stereocenters. The molecule has 1 amide bonds. The second-order valence-corrected chi connectivity index (χ2v) is 5.17. The molecule has 0 aromatic heterocycles. The average Bonchev–Trinajstić information content (AvgIpc) is 2.53. The van der Waals surface area contributed by atoms with E-state index < -0.39 is 0 Å². The first-order valence-corrected chi connectivity index (χ1v) is 7.57. The molecule has 3 nitrogen and oxygen atoms in total. The summed E-state index contributed by atoms with van der Waals surface area (Å²) < 4.78 is 0. The average molecular weight is 294 g/mol. The van der Waals surface area contributed by atoms with E-state index in [9.17, 15) is 4.79 Å². The Morgan fingerprint density at radius 2 is 2.00 bits per heavy atom. The lowest BCUT2D eigenvalue weighted by atomic mass is 10.2. The Morgan fingerprint density at radius 1 is 1.24 bits per heavy atom. The second kappa shape index (κ2) is 7.32. The van der Waals surface area contributed by atoms with E-state index in [1.165, 1.54) is 11.0 Å². The first-order valence-electron chi connectivity index (χ1n) is 6.34. The van der Waals surface area contributed by atoms with Crippen LogP contribution >= 0.6 is 11.8 Å². The van der Waals surface area contributed by atoms with Crippen LogP contribution in [0.15, 0.2) is 59.5 Å². The number of rotatable bonds is 4. The summed E-state index contributed by atoms with van der Waals surface area (Å²) in [6.45, 7) is 0. The van der Waals surface area contributed by atoms with Crippen molar-refractivity contribution < 1.29 is 4.79 Å². The van der Waals surface area contributed by atoms with Gasteiger partial charge in [-0.15, -0.1) is 11.8 Å². The van der Waals surface area contributed by atoms with E-state index >= 15 is 0 Å². The van der Waals surface area contributed by atoms with Gasteiger partial charge in [-0.25, -0.2) is 0 Å². The zero-order valence-corrected chi connectivity index (χ0v) is 12.4. The Balaban J connectivity index is 2.00. The van der Waals surface area contributed by atoms with Crippen LogP contribution in [0.1, 0.15) is 11.1 Å². The van der Waals surface area contributed by atoms with Crippen molar-refractivity contribution in [1.29, 1.82) is 5.26 Å². The zero-order chi connectivity index (χ0) is 15.1. The SMILES string of the molecule is CSc1ccc(/C=C/C(=O)Nc2cccc(C#N)c2)cc1. The van der Waals surface area contributed by atoms with Gasteiger partial charge in [-0.2, -0.15) is 5.26 Å². The minimum atomic E-state index is -0.223. The molecule has 0 aliphatic rings. The van der Waals surface area contributed by atoms with Gasteiger partial charge in [0.2, 0.25) is 5.91 Å². The predicted molar refractivity (Wildman–Crippen MR) is 87.0 cm³/mol. The molecule has 2 rings (SSSR count). The third-order valence-electron chi connectivity index (χ3n) is 2.80. The molecule has 2 aromatic rings. The summed E-state index contributed by atoms with van der Waals surface area (Å²) in [7, 11) is 0. The van der Waals surface area contributed by atoms with Crippen molar-refractivity contribution in [2.24, 2.45) is 0 Å². The van der Waals surface area contributed by atoms with E-state index in [1.807, 2.05) is 36.6 Å². The number of benzene rings is 2. The number of nitriles is 1. The van der Waals surface area contributed by atoms with E-state index in [1.54, 1.807) is 42.1 Å². The molecule has 21 heavy (non-hydrogen) atoms. The van der Waals surface area contributed by atoms with Gasteiger partial charge in [0.25, 0.3) is 0 Å². The van der Waals surface area contributed by atoms with Crippen molar-refractivity contribution >= 4 is 29.4 Å². The van der Waals surface area contributed by atoms with Crippen LogP contribution in [-0.4, -0.2) is 12.2 Å². The molecule has 0 saturated carbocycles. The van der Waals surface area contributed by atoms with Crippen molar-refractivity contribution in [3.05, 3.63) is 65.7 Å². The topological polar surface area (TPSA) is 52.9 Å². The molecule has 2 aromatic carbocycles. The number of hydrogen-bond donors (Lipinski definition) is 1. The summed E-state index contributed by atoms with van der Waals surface area (Å²) in [5, 5.41) is 11.5. The first kappa shape index (κ1) is 14.9. The third-order valence-corrected chi connectivity index (χ3v) is 3.55. The Labute approximate surface area is 128 Å². The fourth-order valence-corrected chi connectivity index (χ4v) is 2.15. The molecule has 4 heteroatoms. The van der Waals surface area contributed by atoms with Crippen molar-refractivity contribution in [3.63, 3.8) is 0 Å². The van der Waals surface area contributed by atoms with Gasteiger partial charge in [0.15, 0.2) is 0 Å². The second-order valence-electron chi connectivity index (χ2n) is 4.29. The molecular formula is C17H14N2OS. The molecule has 0 radical (unpaired) electrons. The molecular weight excluding hydrogens is 280 g/mol. The summed E-state index contributed by atoms with van der Waals surface area (Å²) in [5.41, 5.74) is 2.10. The maximum Gasteiger partial charge on any atom is 0.248 e. The molecule has 0 bridgehead atoms. The fraction of sp³-hybridized carbons (Fsp3) is 0.0588. The highest BCUT2D eigenvalue weighted by Crippen LogP contribution is 2.15. The molecule has 0 aliphatic carbocycles. The van der Waals surface area contributed by atoms with Crippen LogP contribution in [0, 0.1) is 11.3 Å². The Morgan fingerprint density at radius 3 is 2.67 bits per heavy atom. The number of carbonyl (C=O) groups excluding carboxylic acids is 1. The normalized spacial score (nSPS) is 10.3.